The van der Waals surface area contributed by atoms with E-state index < -0.39 is 21.7 Å². The molecule has 0 unspecified atom stereocenters. The van der Waals surface area contributed by atoms with Gasteiger partial charge in [0.1, 0.15) is 6.10 Å². The zero-order chi connectivity index (χ0) is 25.2. The summed E-state index contributed by atoms with van der Waals surface area (Å²) >= 11 is 0. The van der Waals surface area contributed by atoms with Crippen LogP contribution in [0.15, 0.2) is 30.3 Å². The van der Waals surface area contributed by atoms with Crippen LogP contribution in [-0.4, -0.2) is 37.2 Å². The molecule has 1 atom stereocenters. The average molecular weight is 483 g/mol. The fourth-order valence-electron chi connectivity index (χ4n) is 5.05. The molecule has 0 radical (unpaired) electrons. The normalized spacial score (nSPS) is 15.1. The Bertz CT molecular complexity index is 1390. The number of Topliss-reactive ketones (excluding diaryl/α,β-unsaturated/α-hetero) is 1. The molecule has 2 aromatic carbocycles. The first kappa shape index (κ1) is 24.5. The van der Waals surface area contributed by atoms with E-state index in [1.54, 1.807) is 0 Å². The Morgan fingerprint density at radius 3 is 2.21 bits per heavy atom. The highest BCUT2D eigenvalue weighted by molar-refractivity contribution is 7.92. The molecule has 1 aromatic heterocycles. The first-order valence-electron chi connectivity index (χ1n) is 11.6. The van der Waals surface area contributed by atoms with Gasteiger partial charge < -0.3 is 9.30 Å². The number of benzene rings is 2. The van der Waals surface area contributed by atoms with Crippen LogP contribution >= 0.6 is 0 Å². The molecule has 0 amide bonds. The van der Waals surface area contributed by atoms with Gasteiger partial charge in [0.15, 0.2) is 5.78 Å². The molecule has 1 aliphatic rings. The van der Waals surface area contributed by atoms with Crippen molar-refractivity contribution >= 4 is 32.4 Å². The van der Waals surface area contributed by atoms with Gasteiger partial charge in [-0.1, -0.05) is 29.8 Å². The van der Waals surface area contributed by atoms with Gasteiger partial charge >= 0.3 is 0 Å². The molecular weight excluding hydrogens is 448 g/mol. The van der Waals surface area contributed by atoms with E-state index in [4.69, 9.17) is 4.74 Å². The Morgan fingerprint density at radius 2 is 1.68 bits per heavy atom. The highest BCUT2D eigenvalue weighted by Gasteiger charge is 2.36. The summed E-state index contributed by atoms with van der Waals surface area (Å²) in [6, 6.07) is 10.3. The molecule has 1 aliphatic heterocycles. The van der Waals surface area contributed by atoms with Gasteiger partial charge in [-0.25, -0.2) is 8.42 Å². The molecule has 34 heavy (non-hydrogen) atoms. The largest absolute Gasteiger partial charge is 0.360 e. The van der Waals surface area contributed by atoms with Crippen molar-refractivity contribution in [3.05, 3.63) is 52.7 Å². The molecule has 0 bridgehead atoms. The molecule has 0 spiro atoms. The Morgan fingerprint density at radius 1 is 1.06 bits per heavy atom. The SMILES string of the molecule is CC(=O)[C@@H](OC(C)(C)C)c1c(C)c2c3c(cc(C)n3CCN2S(C)(=O)=O)c1-c1ccc(C)cc1. The molecule has 0 N–H and O–H groups in total. The Hall–Kier alpha value is -2.64. The maximum absolute atomic E-state index is 13.1. The molecular formula is C27H34N2O4S. The van der Waals surface area contributed by atoms with Crippen molar-refractivity contribution in [2.24, 2.45) is 0 Å². The van der Waals surface area contributed by atoms with Crippen molar-refractivity contribution < 1.29 is 17.9 Å². The summed E-state index contributed by atoms with van der Waals surface area (Å²) in [5.74, 6) is -0.115. The third-order valence-corrected chi connectivity index (χ3v) is 7.61. The number of hydrogen-bond donors (Lipinski definition) is 0. The van der Waals surface area contributed by atoms with E-state index in [1.807, 2.05) is 41.5 Å². The van der Waals surface area contributed by atoms with Crippen molar-refractivity contribution in [2.45, 2.75) is 66.7 Å². The monoisotopic (exact) mass is 482 g/mol. The molecule has 0 saturated heterocycles. The van der Waals surface area contributed by atoms with Gasteiger partial charge in [-0.15, -0.1) is 0 Å². The number of ether oxygens (including phenoxy) is 1. The molecule has 182 valence electrons. The molecule has 4 rings (SSSR count). The van der Waals surface area contributed by atoms with E-state index in [1.165, 1.54) is 17.5 Å². The minimum Gasteiger partial charge on any atom is -0.360 e. The second kappa shape index (κ2) is 8.24. The zero-order valence-corrected chi connectivity index (χ0v) is 22.1. The molecule has 0 fully saturated rings. The van der Waals surface area contributed by atoms with Crippen LogP contribution in [0.25, 0.3) is 22.0 Å². The maximum Gasteiger partial charge on any atom is 0.232 e. The Balaban J connectivity index is 2.21. The Kier molecular flexibility index (Phi) is 5.93. The molecule has 0 saturated carbocycles. The standard InChI is InChI=1S/C27H34N2O4S/c1-16-9-11-20(12-10-16)23-21-15-17(2)28-13-14-29(34(8,31)32)24(25(21)28)18(3)22(23)26(19(4)30)33-27(5,6)7/h9-12,15,26H,13-14H2,1-8H3/t26-/m1/s1. The Labute approximate surface area is 202 Å². The second-order valence-corrected chi connectivity index (χ2v) is 12.3. The van der Waals surface area contributed by atoms with E-state index in [0.29, 0.717) is 18.8 Å². The number of carbonyl (C=O) groups excluding carboxylic acids is 1. The van der Waals surface area contributed by atoms with E-state index in [9.17, 15) is 13.2 Å². The quantitative estimate of drug-likeness (QED) is 0.484. The molecule has 7 heteroatoms. The number of hydrogen-bond acceptors (Lipinski definition) is 4. The predicted molar refractivity (Wildman–Crippen MR) is 138 cm³/mol. The van der Waals surface area contributed by atoms with Crippen LogP contribution in [0, 0.1) is 20.8 Å². The molecule has 3 aromatic rings. The number of anilines is 1. The van der Waals surface area contributed by atoms with Crippen LogP contribution in [0.2, 0.25) is 0 Å². The summed E-state index contributed by atoms with van der Waals surface area (Å²) in [5.41, 5.74) is 6.57. The number of rotatable bonds is 5. The number of aryl methyl sites for hydroxylation is 2. The van der Waals surface area contributed by atoms with Gasteiger partial charge in [-0.2, -0.15) is 0 Å². The summed E-state index contributed by atoms with van der Waals surface area (Å²) in [6.45, 7) is 14.2. The summed E-state index contributed by atoms with van der Waals surface area (Å²) < 4.78 is 35.7. The summed E-state index contributed by atoms with van der Waals surface area (Å²) in [6.07, 6.45) is 0.412. The average Bonchev–Trinajstić information content (AvgIpc) is 3.05. The number of carbonyl (C=O) groups is 1. The van der Waals surface area contributed by atoms with Crippen LogP contribution in [0.4, 0.5) is 5.69 Å². The van der Waals surface area contributed by atoms with Gasteiger partial charge in [-0.05, 0) is 71.2 Å². The van der Waals surface area contributed by atoms with E-state index in [2.05, 4.69) is 34.9 Å². The van der Waals surface area contributed by atoms with E-state index in [-0.39, 0.29) is 5.78 Å². The minimum atomic E-state index is -3.51. The van der Waals surface area contributed by atoms with Crippen LogP contribution in [0.1, 0.15) is 56.2 Å². The topological polar surface area (TPSA) is 68.6 Å². The smallest absolute Gasteiger partial charge is 0.232 e. The van der Waals surface area contributed by atoms with Gasteiger partial charge in [0.2, 0.25) is 10.0 Å². The number of sulfonamides is 1. The van der Waals surface area contributed by atoms with Crippen molar-refractivity contribution in [1.29, 1.82) is 0 Å². The van der Waals surface area contributed by atoms with E-state index in [0.717, 1.165) is 44.4 Å². The fourth-order valence-corrected chi connectivity index (χ4v) is 6.01. The van der Waals surface area contributed by atoms with Crippen molar-refractivity contribution in [3.63, 3.8) is 0 Å². The summed E-state index contributed by atoms with van der Waals surface area (Å²) in [5, 5.41) is 0.939. The molecule has 0 aliphatic carbocycles. The maximum atomic E-state index is 13.1. The number of nitrogens with zero attached hydrogens (tertiary/aromatic N) is 2. The first-order chi connectivity index (χ1) is 15.7. The highest BCUT2D eigenvalue weighted by Crippen LogP contribution is 2.48. The van der Waals surface area contributed by atoms with Gasteiger partial charge in [-0.3, -0.25) is 9.10 Å². The highest BCUT2D eigenvalue weighted by atomic mass is 32.2. The van der Waals surface area contributed by atoms with Crippen molar-refractivity contribution in [1.82, 2.24) is 4.57 Å². The number of ketones is 1. The van der Waals surface area contributed by atoms with Crippen molar-refractivity contribution in [3.8, 4) is 11.1 Å². The fraction of sp³-hybridized carbons (Fsp3) is 0.444. The van der Waals surface area contributed by atoms with Crippen LogP contribution in [0.3, 0.4) is 0 Å². The predicted octanol–water partition coefficient (Wildman–Crippen LogP) is 5.46. The first-order valence-corrected chi connectivity index (χ1v) is 13.4. The molecule has 2 heterocycles. The lowest BCUT2D eigenvalue weighted by atomic mass is 9.86. The number of aromatic nitrogens is 1. The lowest BCUT2D eigenvalue weighted by molar-refractivity contribution is -0.138. The van der Waals surface area contributed by atoms with Gasteiger partial charge in [0, 0.05) is 23.2 Å². The minimum absolute atomic E-state index is 0.115. The summed E-state index contributed by atoms with van der Waals surface area (Å²) in [7, 11) is -3.51. The van der Waals surface area contributed by atoms with E-state index >= 15 is 0 Å². The van der Waals surface area contributed by atoms with Gasteiger partial charge in [0.05, 0.1) is 29.6 Å². The molecule has 6 nitrogen and oxygen atoms in total. The van der Waals surface area contributed by atoms with Crippen LogP contribution < -0.4 is 4.31 Å². The second-order valence-electron chi connectivity index (χ2n) is 10.4. The van der Waals surface area contributed by atoms with Gasteiger partial charge in [0.25, 0.3) is 0 Å². The lowest BCUT2D eigenvalue weighted by Crippen LogP contribution is -2.37. The third kappa shape index (κ3) is 4.16. The summed E-state index contributed by atoms with van der Waals surface area (Å²) in [4.78, 5) is 13.1. The zero-order valence-electron chi connectivity index (χ0n) is 21.3. The lowest BCUT2D eigenvalue weighted by Gasteiger charge is -2.35. The van der Waals surface area contributed by atoms with Crippen molar-refractivity contribution in [2.75, 3.05) is 17.1 Å². The third-order valence-electron chi connectivity index (χ3n) is 6.45. The van der Waals surface area contributed by atoms with Crippen LogP contribution in [-0.2, 0) is 26.1 Å². The van der Waals surface area contributed by atoms with Crippen LogP contribution in [0.5, 0.6) is 0 Å².